The average molecular weight is 395 g/mol. The Kier molecular flexibility index (Phi) is 5.32. The second kappa shape index (κ2) is 7.56. The number of allylic oxidation sites excluding steroid dienone is 4. The van der Waals surface area contributed by atoms with E-state index in [0.29, 0.717) is 10.8 Å². The van der Waals surface area contributed by atoms with Crippen molar-refractivity contribution < 1.29 is 0 Å². The lowest BCUT2D eigenvalue weighted by atomic mass is 9.46. The van der Waals surface area contributed by atoms with E-state index in [1.54, 1.807) is 0 Å². The maximum absolute atomic E-state index is 2.75. The van der Waals surface area contributed by atoms with Crippen molar-refractivity contribution in [2.75, 3.05) is 0 Å². The average Bonchev–Trinajstić information content (AvgIpc) is 3.34. The zero-order valence-corrected chi connectivity index (χ0v) is 19.8. The molecule has 5 aliphatic carbocycles. The molecule has 0 aliphatic heterocycles. The van der Waals surface area contributed by atoms with Crippen molar-refractivity contribution in [1.82, 2.24) is 0 Å². The Hall–Kier alpha value is -0.520. The smallest absolute Gasteiger partial charge is 0.00851 e. The van der Waals surface area contributed by atoms with Gasteiger partial charge < -0.3 is 0 Å². The molecule has 0 spiro atoms. The highest BCUT2D eigenvalue weighted by Crippen LogP contribution is 2.67. The molecular formula is C29H46. The van der Waals surface area contributed by atoms with Gasteiger partial charge in [-0.05, 0) is 116 Å². The third kappa shape index (κ3) is 3.30. The van der Waals surface area contributed by atoms with Crippen molar-refractivity contribution in [3.8, 4) is 0 Å². The largest absolute Gasteiger partial charge is 0.0851 e. The summed E-state index contributed by atoms with van der Waals surface area (Å²) in [4.78, 5) is 0. The molecule has 0 nitrogen and oxygen atoms in total. The summed E-state index contributed by atoms with van der Waals surface area (Å²) in [6, 6.07) is 0. The van der Waals surface area contributed by atoms with E-state index in [1.807, 2.05) is 5.57 Å². The lowest BCUT2D eigenvalue weighted by Gasteiger charge is -2.58. The van der Waals surface area contributed by atoms with Gasteiger partial charge in [-0.15, -0.1) is 0 Å². The van der Waals surface area contributed by atoms with Crippen LogP contribution >= 0.6 is 0 Å². The van der Waals surface area contributed by atoms with E-state index >= 15 is 0 Å². The summed E-state index contributed by atoms with van der Waals surface area (Å²) >= 11 is 0. The zero-order valence-electron chi connectivity index (χ0n) is 19.8. The van der Waals surface area contributed by atoms with Gasteiger partial charge in [0.25, 0.3) is 0 Å². The molecule has 0 radical (unpaired) electrons. The third-order valence-corrected chi connectivity index (χ3v) is 11.1. The highest BCUT2D eigenvalue weighted by molar-refractivity contribution is 5.25. The minimum atomic E-state index is 0.544. The standard InChI is InChI=1S/C29H46/c1-20-15-17-28(3)23(19-20)11-12-24-26-14-13-25(29(26,4)18-16-27(24)28)21(2)9-10-22-7-5-6-8-22/h9-11,20-22,24-27H,5-8,12-19H2,1-4H3/b10-9+/t20-,21+,24-,25+,26-,27-,28-,29+/m0/s1. The molecule has 8 atom stereocenters. The quantitative estimate of drug-likeness (QED) is 0.420. The Balaban J connectivity index is 1.34. The van der Waals surface area contributed by atoms with Crippen molar-refractivity contribution in [2.24, 2.45) is 52.3 Å². The molecule has 0 saturated heterocycles. The van der Waals surface area contributed by atoms with Crippen LogP contribution in [0.1, 0.15) is 105 Å². The molecule has 0 aromatic rings. The summed E-state index contributed by atoms with van der Waals surface area (Å²) in [5.41, 5.74) is 3.01. The molecule has 0 heterocycles. The molecule has 29 heavy (non-hydrogen) atoms. The molecule has 5 rings (SSSR count). The summed E-state index contributed by atoms with van der Waals surface area (Å²) in [6.07, 6.45) is 25.6. The molecule has 4 saturated carbocycles. The van der Waals surface area contributed by atoms with Crippen molar-refractivity contribution in [3.63, 3.8) is 0 Å². The molecule has 5 aliphatic rings. The summed E-state index contributed by atoms with van der Waals surface area (Å²) in [6.45, 7) is 10.4. The van der Waals surface area contributed by atoms with Gasteiger partial charge in [0.2, 0.25) is 0 Å². The highest BCUT2D eigenvalue weighted by Gasteiger charge is 2.58. The van der Waals surface area contributed by atoms with Crippen LogP contribution in [0.15, 0.2) is 23.8 Å². The predicted octanol–water partition coefficient (Wildman–Crippen LogP) is 8.58. The van der Waals surface area contributed by atoms with Crippen LogP contribution in [-0.4, -0.2) is 0 Å². The second-order valence-electron chi connectivity index (χ2n) is 12.6. The van der Waals surface area contributed by atoms with Crippen LogP contribution in [0, 0.1) is 52.3 Å². The fraction of sp³-hybridized carbons (Fsp3) is 0.862. The monoisotopic (exact) mass is 394 g/mol. The van der Waals surface area contributed by atoms with Crippen molar-refractivity contribution >= 4 is 0 Å². The minimum absolute atomic E-state index is 0.544. The zero-order chi connectivity index (χ0) is 20.2. The van der Waals surface area contributed by atoms with E-state index in [4.69, 9.17) is 0 Å². The lowest BCUT2D eigenvalue weighted by Crippen LogP contribution is -2.50. The first-order chi connectivity index (χ1) is 13.9. The van der Waals surface area contributed by atoms with Gasteiger partial charge in [-0.2, -0.15) is 0 Å². The third-order valence-electron chi connectivity index (χ3n) is 11.1. The second-order valence-corrected chi connectivity index (χ2v) is 12.6. The molecule has 4 fully saturated rings. The van der Waals surface area contributed by atoms with E-state index in [9.17, 15) is 0 Å². The van der Waals surface area contributed by atoms with Gasteiger partial charge in [-0.25, -0.2) is 0 Å². The fourth-order valence-electron chi connectivity index (χ4n) is 9.36. The molecule has 0 amide bonds. The van der Waals surface area contributed by atoms with Gasteiger partial charge in [0.1, 0.15) is 0 Å². The molecule has 0 heteroatoms. The maximum Gasteiger partial charge on any atom is -0.00851 e. The van der Waals surface area contributed by atoms with Gasteiger partial charge in [0.15, 0.2) is 0 Å². The van der Waals surface area contributed by atoms with Gasteiger partial charge in [0.05, 0.1) is 0 Å². The van der Waals surface area contributed by atoms with Crippen LogP contribution in [0.5, 0.6) is 0 Å². The van der Waals surface area contributed by atoms with Crippen molar-refractivity contribution in [1.29, 1.82) is 0 Å². The predicted molar refractivity (Wildman–Crippen MR) is 125 cm³/mol. The van der Waals surface area contributed by atoms with Crippen molar-refractivity contribution in [2.45, 2.75) is 105 Å². The Bertz CT molecular complexity index is 664. The first-order valence-electron chi connectivity index (χ1n) is 13.3. The molecule has 0 N–H and O–H groups in total. The van der Waals surface area contributed by atoms with Crippen LogP contribution in [0.25, 0.3) is 0 Å². The molecule has 0 unspecified atom stereocenters. The Morgan fingerprint density at radius 3 is 2.55 bits per heavy atom. The Labute approximate surface area is 181 Å². The highest BCUT2D eigenvalue weighted by atomic mass is 14.6. The summed E-state index contributed by atoms with van der Waals surface area (Å²) in [7, 11) is 0. The van der Waals surface area contributed by atoms with Crippen LogP contribution in [0.3, 0.4) is 0 Å². The molecule has 0 aromatic carbocycles. The van der Waals surface area contributed by atoms with Gasteiger partial charge in [-0.1, -0.05) is 64.3 Å². The molecule has 162 valence electrons. The summed E-state index contributed by atoms with van der Waals surface area (Å²) < 4.78 is 0. The Morgan fingerprint density at radius 1 is 0.966 bits per heavy atom. The van der Waals surface area contributed by atoms with Gasteiger partial charge >= 0.3 is 0 Å². The molecule has 0 aromatic heterocycles. The number of rotatable bonds is 3. The summed E-state index contributed by atoms with van der Waals surface area (Å²) in [5, 5.41) is 0. The topological polar surface area (TPSA) is 0 Å². The van der Waals surface area contributed by atoms with Crippen LogP contribution in [0.4, 0.5) is 0 Å². The van der Waals surface area contributed by atoms with Gasteiger partial charge in [-0.3, -0.25) is 0 Å². The van der Waals surface area contributed by atoms with Crippen LogP contribution in [0.2, 0.25) is 0 Å². The fourth-order valence-corrected chi connectivity index (χ4v) is 9.36. The van der Waals surface area contributed by atoms with E-state index < -0.39 is 0 Å². The lowest BCUT2D eigenvalue weighted by molar-refractivity contribution is -0.0486. The number of hydrogen-bond acceptors (Lipinski definition) is 0. The van der Waals surface area contributed by atoms with E-state index in [0.717, 1.165) is 41.4 Å². The maximum atomic E-state index is 2.75. The first-order valence-corrected chi connectivity index (χ1v) is 13.3. The van der Waals surface area contributed by atoms with Crippen LogP contribution in [-0.2, 0) is 0 Å². The summed E-state index contributed by atoms with van der Waals surface area (Å²) in [5.74, 6) is 6.47. The first kappa shape index (κ1) is 20.4. The van der Waals surface area contributed by atoms with E-state index in [2.05, 4.69) is 45.9 Å². The molecular weight excluding hydrogens is 348 g/mol. The Morgan fingerprint density at radius 2 is 1.76 bits per heavy atom. The van der Waals surface area contributed by atoms with Crippen LogP contribution < -0.4 is 0 Å². The number of fused-ring (bicyclic) bond motifs is 5. The van der Waals surface area contributed by atoms with Crippen molar-refractivity contribution in [3.05, 3.63) is 23.8 Å². The van der Waals surface area contributed by atoms with E-state index in [-0.39, 0.29) is 0 Å². The van der Waals surface area contributed by atoms with Gasteiger partial charge in [0, 0.05) is 0 Å². The number of hydrogen-bond donors (Lipinski definition) is 0. The SMILES string of the molecule is C[C@H]1CC[C@@]2(C)C(=CC[C@H]3[C@@H]4CC[C@H]([C@H](C)/C=C/C5CCCC5)[C@@]4(C)CC[C@@H]32)C1. The minimum Gasteiger partial charge on any atom is -0.0851 e. The normalized spacial score (nSPS) is 48.8. The molecule has 0 bridgehead atoms. The van der Waals surface area contributed by atoms with E-state index in [1.165, 1.54) is 77.0 Å².